The van der Waals surface area contributed by atoms with Crippen LogP contribution >= 0.6 is 11.8 Å². The number of hydrogen-bond donors (Lipinski definition) is 0. The molecule has 0 N–H and O–H groups in total. The molecule has 1 aliphatic rings. The van der Waals surface area contributed by atoms with Gasteiger partial charge in [-0.2, -0.15) is 8.42 Å². The SMILES string of the molecule is Cc1ccc(OCCN2C(=O)S/C(=C\c3ccc(OS(=O)(=O)c4ccc(C)c([N+](=O)[O-])c4)cc3)C2=O)cc1. The van der Waals surface area contributed by atoms with Gasteiger partial charge in [-0.25, -0.2) is 0 Å². The molecular weight excluding hydrogens is 532 g/mol. The van der Waals surface area contributed by atoms with E-state index in [1.807, 2.05) is 31.2 Å². The van der Waals surface area contributed by atoms with Crippen LogP contribution in [0, 0.1) is 24.0 Å². The lowest BCUT2D eigenvalue weighted by atomic mass is 10.2. The molecule has 4 rings (SSSR count). The molecule has 0 unspecified atom stereocenters. The van der Waals surface area contributed by atoms with Crippen LogP contribution in [0.5, 0.6) is 11.5 Å². The summed E-state index contributed by atoms with van der Waals surface area (Å²) in [5, 5.41) is 10.7. The van der Waals surface area contributed by atoms with Crippen LogP contribution in [0.4, 0.5) is 10.5 Å². The number of nitro groups is 1. The normalized spacial score (nSPS) is 14.7. The maximum absolute atomic E-state index is 12.7. The van der Waals surface area contributed by atoms with Crippen molar-refractivity contribution in [3.63, 3.8) is 0 Å². The molecule has 2 amide bonds. The molecule has 0 bridgehead atoms. The Labute approximate surface area is 223 Å². The van der Waals surface area contributed by atoms with Crippen LogP contribution in [0.15, 0.2) is 76.5 Å². The van der Waals surface area contributed by atoms with Gasteiger partial charge in [-0.05, 0) is 67.6 Å². The first-order chi connectivity index (χ1) is 18.0. The zero-order chi connectivity index (χ0) is 27.4. The molecule has 1 heterocycles. The van der Waals surface area contributed by atoms with Crippen molar-refractivity contribution < 1.29 is 31.9 Å². The molecule has 3 aromatic carbocycles. The molecule has 0 aromatic heterocycles. The second-order valence-electron chi connectivity index (χ2n) is 8.31. The summed E-state index contributed by atoms with van der Waals surface area (Å²) in [6, 6.07) is 16.7. The Balaban J connectivity index is 1.40. The Bertz CT molecular complexity index is 1530. The zero-order valence-corrected chi connectivity index (χ0v) is 22.0. The lowest BCUT2D eigenvalue weighted by Crippen LogP contribution is -2.32. The quantitative estimate of drug-likeness (QED) is 0.153. The van der Waals surface area contributed by atoms with Gasteiger partial charge >= 0.3 is 10.1 Å². The van der Waals surface area contributed by atoms with Crippen molar-refractivity contribution in [1.29, 1.82) is 0 Å². The van der Waals surface area contributed by atoms with Gasteiger partial charge in [0.25, 0.3) is 16.8 Å². The number of nitro benzene ring substituents is 1. The van der Waals surface area contributed by atoms with E-state index in [0.29, 0.717) is 16.9 Å². The summed E-state index contributed by atoms with van der Waals surface area (Å²) in [5.41, 5.74) is 1.62. The van der Waals surface area contributed by atoms with Gasteiger partial charge in [0, 0.05) is 11.6 Å². The number of aryl methyl sites for hydroxylation is 2. The fraction of sp³-hybridized carbons (Fsp3) is 0.154. The van der Waals surface area contributed by atoms with Gasteiger partial charge in [-0.1, -0.05) is 35.9 Å². The van der Waals surface area contributed by atoms with Crippen LogP contribution in [0.3, 0.4) is 0 Å². The third kappa shape index (κ3) is 6.21. The first-order valence-corrected chi connectivity index (χ1v) is 13.5. The minimum absolute atomic E-state index is 0.0215. The van der Waals surface area contributed by atoms with Crippen LogP contribution in [0.1, 0.15) is 16.7 Å². The van der Waals surface area contributed by atoms with E-state index in [4.69, 9.17) is 8.92 Å². The van der Waals surface area contributed by atoms with Crippen molar-refractivity contribution in [2.45, 2.75) is 18.7 Å². The number of benzene rings is 3. The minimum atomic E-state index is -4.32. The standard InChI is InChI=1S/C26H22N2O8S2/c1-17-3-8-20(9-4-17)35-14-13-27-25(29)24(37-26(27)30)15-19-6-10-21(11-7-19)36-38(33,34)22-12-5-18(2)23(16-22)28(31)32/h3-12,15-16H,13-14H2,1-2H3/b24-15-. The van der Waals surface area contributed by atoms with Crippen LogP contribution in [-0.2, 0) is 14.9 Å². The fourth-order valence-corrected chi connectivity index (χ4v) is 5.29. The monoisotopic (exact) mass is 554 g/mol. The van der Waals surface area contributed by atoms with Gasteiger partial charge in [0.2, 0.25) is 0 Å². The average molecular weight is 555 g/mol. The van der Waals surface area contributed by atoms with Gasteiger partial charge in [-0.3, -0.25) is 24.6 Å². The highest BCUT2D eigenvalue weighted by Gasteiger charge is 2.34. The summed E-state index contributed by atoms with van der Waals surface area (Å²) < 4.78 is 35.9. The Kier molecular flexibility index (Phi) is 7.83. The number of carbonyl (C=O) groups excluding carboxylic acids is 2. The smallest absolute Gasteiger partial charge is 0.339 e. The number of rotatable bonds is 9. The Morgan fingerprint density at radius 2 is 1.63 bits per heavy atom. The lowest BCUT2D eigenvalue weighted by Gasteiger charge is -2.13. The minimum Gasteiger partial charge on any atom is -0.492 e. The van der Waals surface area contributed by atoms with Crippen molar-refractivity contribution in [2.24, 2.45) is 0 Å². The molecule has 1 fully saturated rings. The number of thioether (sulfide) groups is 1. The molecular formula is C26H22N2O8S2. The van der Waals surface area contributed by atoms with Gasteiger partial charge in [-0.15, -0.1) is 0 Å². The number of nitrogens with zero attached hydrogens (tertiary/aromatic N) is 2. The molecule has 1 aliphatic heterocycles. The number of amides is 2. The van der Waals surface area contributed by atoms with Crippen molar-refractivity contribution in [3.8, 4) is 11.5 Å². The van der Waals surface area contributed by atoms with E-state index in [1.165, 1.54) is 49.4 Å². The second-order valence-corrected chi connectivity index (χ2v) is 10.8. The molecule has 12 heteroatoms. The summed E-state index contributed by atoms with van der Waals surface area (Å²) in [4.78, 5) is 36.5. The molecule has 0 atom stereocenters. The van der Waals surface area contributed by atoms with Gasteiger partial charge < -0.3 is 8.92 Å². The van der Waals surface area contributed by atoms with Gasteiger partial charge in [0.05, 0.1) is 16.4 Å². The van der Waals surface area contributed by atoms with Crippen LogP contribution in [0.25, 0.3) is 6.08 Å². The maximum atomic E-state index is 12.7. The molecule has 0 saturated carbocycles. The zero-order valence-electron chi connectivity index (χ0n) is 20.3. The molecule has 10 nitrogen and oxygen atoms in total. The highest BCUT2D eigenvalue weighted by atomic mass is 32.2. The Morgan fingerprint density at radius 1 is 0.974 bits per heavy atom. The molecule has 0 spiro atoms. The van der Waals surface area contributed by atoms with Crippen LogP contribution in [0.2, 0.25) is 0 Å². The van der Waals surface area contributed by atoms with E-state index in [9.17, 15) is 28.1 Å². The van der Waals surface area contributed by atoms with E-state index in [2.05, 4.69) is 0 Å². The average Bonchev–Trinajstić information content (AvgIpc) is 3.13. The largest absolute Gasteiger partial charge is 0.492 e. The van der Waals surface area contributed by atoms with E-state index < -0.39 is 26.2 Å². The van der Waals surface area contributed by atoms with E-state index in [1.54, 1.807) is 0 Å². The number of carbonyl (C=O) groups is 2. The van der Waals surface area contributed by atoms with Crippen molar-refractivity contribution in [2.75, 3.05) is 13.2 Å². The first-order valence-electron chi connectivity index (χ1n) is 11.3. The predicted octanol–water partition coefficient (Wildman–Crippen LogP) is 5.09. The van der Waals surface area contributed by atoms with Gasteiger partial charge in [0.15, 0.2) is 0 Å². The van der Waals surface area contributed by atoms with Crippen LogP contribution in [-0.4, -0.2) is 42.5 Å². The lowest BCUT2D eigenvalue weighted by molar-refractivity contribution is -0.385. The highest BCUT2D eigenvalue weighted by Crippen LogP contribution is 2.32. The summed E-state index contributed by atoms with van der Waals surface area (Å²) in [6.07, 6.45) is 1.52. The number of ether oxygens (including phenoxy) is 1. The number of imide groups is 1. The first kappa shape index (κ1) is 26.9. The third-order valence-corrected chi connectivity index (χ3v) is 7.68. The van der Waals surface area contributed by atoms with Crippen molar-refractivity contribution >= 4 is 44.8 Å². The summed E-state index contributed by atoms with van der Waals surface area (Å²) in [5.74, 6) is 0.172. The van der Waals surface area contributed by atoms with E-state index in [-0.39, 0.29) is 34.4 Å². The van der Waals surface area contributed by atoms with Gasteiger partial charge in [0.1, 0.15) is 23.0 Å². The molecule has 1 saturated heterocycles. The summed E-state index contributed by atoms with van der Waals surface area (Å²) in [7, 11) is -4.32. The van der Waals surface area contributed by atoms with Crippen LogP contribution < -0.4 is 8.92 Å². The van der Waals surface area contributed by atoms with Crippen molar-refractivity contribution in [1.82, 2.24) is 4.90 Å². The maximum Gasteiger partial charge on any atom is 0.339 e. The second kappa shape index (κ2) is 11.1. The van der Waals surface area contributed by atoms with E-state index >= 15 is 0 Å². The molecule has 0 radical (unpaired) electrons. The van der Waals surface area contributed by atoms with Crippen molar-refractivity contribution in [3.05, 3.63) is 98.4 Å². The molecule has 196 valence electrons. The molecule has 38 heavy (non-hydrogen) atoms. The highest BCUT2D eigenvalue weighted by molar-refractivity contribution is 8.18. The molecule has 3 aromatic rings. The Morgan fingerprint density at radius 3 is 2.29 bits per heavy atom. The Hall–Kier alpha value is -4.16. The third-order valence-electron chi connectivity index (χ3n) is 5.53. The topological polar surface area (TPSA) is 133 Å². The fourth-order valence-electron chi connectivity index (χ4n) is 3.47. The predicted molar refractivity (Wildman–Crippen MR) is 141 cm³/mol. The number of hydrogen-bond acceptors (Lipinski definition) is 9. The molecule has 0 aliphatic carbocycles. The summed E-state index contributed by atoms with van der Waals surface area (Å²) in [6.45, 7) is 3.71. The van der Waals surface area contributed by atoms with E-state index in [0.717, 1.165) is 28.3 Å². The summed E-state index contributed by atoms with van der Waals surface area (Å²) >= 11 is 0.802.